The molecule has 0 saturated carbocycles. The largest absolute Gasteiger partial charge is 0.350 e. The molecule has 0 bridgehead atoms. The van der Waals surface area contributed by atoms with Crippen LogP contribution in [0.3, 0.4) is 0 Å². The molecular formula is C16H18N4OS. The lowest BCUT2D eigenvalue weighted by atomic mass is 10.2. The van der Waals surface area contributed by atoms with Crippen LogP contribution >= 0.6 is 11.3 Å². The summed E-state index contributed by atoms with van der Waals surface area (Å²) in [6.07, 6.45) is 5.65. The molecule has 5 nitrogen and oxygen atoms in total. The number of nitrogens with zero attached hydrogens (tertiary/aromatic N) is 3. The van der Waals surface area contributed by atoms with E-state index in [1.807, 2.05) is 60.2 Å². The molecule has 6 heteroatoms. The van der Waals surface area contributed by atoms with Crippen molar-refractivity contribution in [1.82, 2.24) is 19.8 Å². The van der Waals surface area contributed by atoms with Crippen LogP contribution in [0.25, 0.3) is 15.9 Å². The van der Waals surface area contributed by atoms with E-state index in [-0.39, 0.29) is 5.91 Å². The molecule has 3 aromatic rings. The zero-order chi connectivity index (χ0) is 15.5. The average Bonchev–Trinajstić information content (AvgIpc) is 3.13. The van der Waals surface area contributed by atoms with Gasteiger partial charge in [-0.15, -0.1) is 11.3 Å². The number of rotatable bonds is 5. The Morgan fingerprint density at radius 1 is 1.32 bits per heavy atom. The van der Waals surface area contributed by atoms with E-state index in [9.17, 15) is 4.79 Å². The van der Waals surface area contributed by atoms with Gasteiger partial charge in [0.2, 0.25) is 0 Å². The van der Waals surface area contributed by atoms with Gasteiger partial charge in [-0.05, 0) is 38.4 Å². The Hall–Kier alpha value is -2.18. The van der Waals surface area contributed by atoms with E-state index in [2.05, 4.69) is 10.3 Å². The number of nitrogens with one attached hydrogen (secondary N) is 1. The van der Waals surface area contributed by atoms with Crippen molar-refractivity contribution < 1.29 is 4.79 Å². The lowest BCUT2D eigenvalue weighted by molar-refractivity contribution is 0.0955. The van der Waals surface area contributed by atoms with Gasteiger partial charge in [0.25, 0.3) is 5.91 Å². The van der Waals surface area contributed by atoms with Crippen molar-refractivity contribution in [3.63, 3.8) is 0 Å². The second-order valence-electron chi connectivity index (χ2n) is 5.29. The summed E-state index contributed by atoms with van der Waals surface area (Å²) in [7, 11) is 3.97. The van der Waals surface area contributed by atoms with E-state index in [0.29, 0.717) is 11.4 Å². The van der Waals surface area contributed by atoms with Crippen LogP contribution in [0.15, 0.2) is 42.9 Å². The fourth-order valence-electron chi connectivity index (χ4n) is 2.29. The third-order valence-corrected chi connectivity index (χ3v) is 4.46. The molecule has 0 unspecified atom stereocenters. The molecule has 0 atom stereocenters. The molecule has 1 amide bonds. The number of carbonyl (C=O) groups is 1. The van der Waals surface area contributed by atoms with Crippen molar-refractivity contribution in [2.24, 2.45) is 0 Å². The highest BCUT2D eigenvalue weighted by atomic mass is 32.1. The van der Waals surface area contributed by atoms with E-state index in [4.69, 9.17) is 0 Å². The molecule has 3 heterocycles. The van der Waals surface area contributed by atoms with Gasteiger partial charge in [0.1, 0.15) is 9.71 Å². The van der Waals surface area contributed by atoms with Crippen LogP contribution in [0.2, 0.25) is 0 Å². The second-order valence-corrected chi connectivity index (χ2v) is 6.28. The first-order chi connectivity index (χ1) is 10.7. The van der Waals surface area contributed by atoms with Crippen molar-refractivity contribution in [2.75, 3.05) is 27.2 Å². The number of pyridine rings is 1. The normalized spacial score (nSPS) is 11.2. The van der Waals surface area contributed by atoms with Crippen molar-refractivity contribution in [3.8, 4) is 5.69 Å². The first kappa shape index (κ1) is 14.7. The molecule has 0 aliphatic carbocycles. The van der Waals surface area contributed by atoms with E-state index in [1.165, 1.54) is 11.3 Å². The van der Waals surface area contributed by atoms with E-state index < -0.39 is 0 Å². The van der Waals surface area contributed by atoms with Crippen LogP contribution in [0, 0.1) is 0 Å². The molecule has 0 spiro atoms. The van der Waals surface area contributed by atoms with Gasteiger partial charge in [0.05, 0.1) is 5.69 Å². The quantitative estimate of drug-likeness (QED) is 0.786. The molecular weight excluding hydrogens is 296 g/mol. The fraction of sp³-hybridized carbons (Fsp3) is 0.250. The Morgan fingerprint density at radius 3 is 2.82 bits per heavy atom. The maximum Gasteiger partial charge on any atom is 0.263 e. The lowest BCUT2D eigenvalue weighted by Crippen LogP contribution is -2.31. The van der Waals surface area contributed by atoms with Crippen LogP contribution in [-0.2, 0) is 0 Å². The molecule has 0 fully saturated rings. The highest BCUT2D eigenvalue weighted by Gasteiger charge is 2.19. The van der Waals surface area contributed by atoms with Gasteiger partial charge in [-0.3, -0.25) is 4.79 Å². The second kappa shape index (κ2) is 6.29. The Bertz CT molecular complexity index is 777. The highest BCUT2D eigenvalue weighted by Crippen LogP contribution is 2.32. The minimum absolute atomic E-state index is 0.0476. The van der Waals surface area contributed by atoms with Gasteiger partial charge in [-0.2, -0.15) is 0 Å². The molecule has 0 aromatic carbocycles. The van der Waals surface area contributed by atoms with Crippen molar-refractivity contribution in [3.05, 3.63) is 47.7 Å². The predicted molar refractivity (Wildman–Crippen MR) is 89.8 cm³/mol. The SMILES string of the molecule is CN(C)CCNC(=O)c1sc2ncccc2c1-n1cccc1. The summed E-state index contributed by atoms with van der Waals surface area (Å²) in [4.78, 5) is 20.5. The Kier molecular flexibility index (Phi) is 4.22. The topological polar surface area (TPSA) is 50.2 Å². The average molecular weight is 314 g/mol. The highest BCUT2D eigenvalue weighted by molar-refractivity contribution is 7.21. The first-order valence-corrected chi connectivity index (χ1v) is 7.92. The minimum atomic E-state index is -0.0476. The van der Waals surface area contributed by atoms with E-state index in [0.717, 1.165) is 22.4 Å². The van der Waals surface area contributed by atoms with Crippen LogP contribution in [-0.4, -0.2) is 47.5 Å². The predicted octanol–water partition coefficient (Wildman–Crippen LogP) is 2.38. The summed E-state index contributed by atoms with van der Waals surface area (Å²) in [5.41, 5.74) is 0.903. The maximum atomic E-state index is 12.6. The smallest absolute Gasteiger partial charge is 0.263 e. The van der Waals surface area contributed by atoms with Gasteiger partial charge >= 0.3 is 0 Å². The monoisotopic (exact) mass is 314 g/mol. The fourth-order valence-corrected chi connectivity index (χ4v) is 3.35. The molecule has 0 saturated heterocycles. The van der Waals surface area contributed by atoms with Crippen molar-refractivity contribution in [1.29, 1.82) is 0 Å². The molecule has 114 valence electrons. The van der Waals surface area contributed by atoms with Crippen LogP contribution in [0.4, 0.5) is 0 Å². The molecule has 22 heavy (non-hydrogen) atoms. The zero-order valence-electron chi connectivity index (χ0n) is 12.6. The lowest BCUT2D eigenvalue weighted by Gasteiger charge is -2.11. The zero-order valence-corrected chi connectivity index (χ0v) is 13.4. The summed E-state index contributed by atoms with van der Waals surface area (Å²) in [5.74, 6) is -0.0476. The molecule has 0 aliphatic rings. The number of hydrogen-bond acceptors (Lipinski definition) is 4. The summed E-state index contributed by atoms with van der Waals surface area (Å²) < 4.78 is 1.97. The van der Waals surface area contributed by atoms with Crippen LogP contribution < -0.4 is 5.32 Å². The van der Waals surface area contributed by atoms with Gasteiger partial charge in [0, 0.05) is 37.1 Å². The molecule has 0 aliphatic heterocycles. The Labute approximate surface area is 133 Å². The molecule has 3 aromatic heterocycles. The number of fused-ring (bicyclic) bond motifs is 1. The standard InChI is InChI=1S/C16H18N4OS/c1-19(2)11-8-17-15(21)14-13(20-9-3-4-10-20)12-6-5-7-18-16(12)22-14/h3-7,9-10H,8,11H2,1-2H3,(H,17,21). The van der Waals surface area contributed by atoms with Crippen molar-refractivity contribution in [2.45, 2.75) is 0 Å². The number of aromatic nitrogens is 2. The number of likely N-dealkylation sites (N-methyl/N-ethyl adjacent to an activating group) is 1. The molecule has 3 rings (SSSR count). The number of hydrogen-bond donors (Lipinski definition) is 1. The summed E-state index contributed by atoms with van der Waals surface area (Å²) in [5, 5.41) is 3.98. The van der Waals surface area contributed by atoms with Crippen molar-refractivity contribution >= 4 is 27.5 Å². The van der Waals surface area contributed by atoms with E-state index >= 15 is 0 Å². The van der Waals surface area contributed by atoms with Gasteiger partial charge in [-0.25, -0.2) is 4.98 Å². The first-order valence-electron chi connectivity index (χ1n) is 7.10. The van der Waals surface area contributed by atoms with Crippen LogP contribution in [0.5, 0.6) is 0 Å². The molecule has 1 N–H and O–H groups in total. The third kappa shape index (κ3) is 2.88. The number of amides is 1. The minimum Gasteiger partial charge on any atom is -0.350 e. The summed E-state index contributed by atoms with van der Waals surface area (Å²) in [6.45, 7) is 1.44. The summed E-state index contributed by atoms with van der Waals surface area (Å²) in [6, 6.07) is 7.81. The number of carbonyl (C=O) groups excluding carboxylic acids is 1. The Morgan fingerprint density at radius 2 is 2.09 bits per heavy atom. The van der Waals surface area contributed by atoms with Gasteiger partial charge < -0.3 is 14.8 Å². The maximum absolute atomic E-state index is 12.6. The van der Waals surface area contributed by atoms with Gasteiger partial charge in [0.15, 0.2) is 0 Å². The molecule has 0 radical (unpaired) electrons. The summed E-state index contributed by atoms with van der Waals surface area (Å²) >= 11 is 1.43. The van der Waals surface area contributed by atoms with Gasteiger partial charge in [-0.1, -0.05) is 0 Å². The third-order valence-electron chi connectivity index (χ3n) is 3.35. The van der Waals surface area contributed by atoms with Crippen LogP contribution in [0.1, 0.15) is 9.67 Å². The number of thiophene rings is 1. The van der Waals surface area contributed by atoms with E-state index in [1.54, 1.807) is 6.20 Å². The Balaban J connectivity index is 1.98.